The van der Waals surface area contributed by atoms with Crippen molar-refractivity contribution in [2.75, 3.05) is 9.80 Å². The molecule has 2 heteroatoms. The van der Waals surface area contributed by atoms with Crippen LogP contribution in [0.5, 0.6) is 0 Å². The number of anilines is 6. The van der Waals surface area contributed by atoms with Crippen LogP contribution < -0.4 is 9.80 Å². The largest absolute Gasteiger partial charge is 0.309 e. The van der Waals surface area contributed by atoms with Crippen LogP contribution in [0.4, 0.5) is 34.1 Å². The van der Waals surface area contributed by atoms with Crippen molar-refractivity contribution in [3.05, 3.63) is 192 Å². The first-order valence-corrected chi connectivity index (χ1v) is 20.8. The summed E-state index contributed by atoms with van der Waals surface area (Å²) in [5.41, 5.74) is 12.3. The zero-order valence-corrected chi connectivity index (χ0v) is 34.2. The van der Waals surface area contributed by atoms with Crippen molar-refractivity contribution in [1.29, 1.82) is 0 Å². The van der Waals surface area contributed by atoms with E-state index in [-0.39, 0.29) is 0 Å². The first kappa shape index (κ1) is 35.8. The minimum Gasteiger partial charge on any atom is -0.309 e. The van der Waals surface area contributed by atoms with Gasteiger partial charge in [0, 0.05) is 32.9 Å². The molecular weight excluding hydrogens is 701 g/mol. The van der Waals surface area contributed by atoms with E-state index >= 15 is 0 Å². The van der Waals surface area contributed by atoms with Crippen LogP contribution in [0.15, 0.2) is 170 Å². The molecule has 0 saturated carbocycles. The van der Waals surface area contributed by atoms with E-state index in [9.17, 15) is 0 Å². The average molecular weight is 749 g/mol. The van der Waals surface area contributed by atoms with Gasteiger partial charge < -0.3 is 9.80 Å². The monoisotopic (exact) mass is 748 g/mol. The lowest BCUT2D eigenvalue weighted by Gasteiger charge is -2.32. The number of hydrogen-bond donors (Lipinski definition) is 0. The Morgan fingerprint density at radius 3 is 1.07 bits per heavy atom. The number of rotatable bonds is 8. The fraction of sp³-hybridized carbons (Fsp3) is 0.143. The maximum Gasteiger partial charge on any atom is 0.0541 e. The minimum atomic E-state index is 0.310. The number of para-hydroxylation sites is 2. The molecule has 0 bridgehead atoms. The van der Waals surface area contributed by atoms with Crippen LogP contribution in [0.3, 0.4) is 0 Å². The van der Waals surface area contributed by atoms with Crippen LogP contribution in [0, 0.1) is 13.8 Å². The van der Waals surface area contributed by atoms with Crippen molar-refractivity contribution < 1.29 is 0 Å². The lowest BCUT2D eigenvalue weighted by molar-refractivity contribution is 0.876. The molecular formula is C56H48N2. The summed E-state index contributed by atoms with van der Waals surface area (Å²) in [4.78, 5) is 5.05. The molecule has 0 N–H and O–H groups in total. The topological polar surface area (TPSA) is 6.48 Å². The molecule has 0 aromatic heterocycles. The molecule has 0 spiro atoms. The van der Waals surface area contributed by atoms with Crippen molar-refractivity contribution in [3.63, 3.8) is 0 Å². The number of nitrogens with zero attached hydrogens (tertiary/aromatic N) is 2. The molecule has 0 aliphatic rings. The van der Waals surface area contributed by atoms with E-state index in [1.807, 2.05) is 0 Å². The summed E-state index contributed by atoms with van der Waals surface area (Å²) < 4.78 is 0. The summed E-state index contributed by atoms with van der Waals surface area (Å²) in [6, 6.07) is 63.3. The molecule has 10 aromatic carbocycles. The van der Waals surface area contributed by atoms with E-state index in [1.165, 1.54) is 110 Å². The number of aryl methyl sites for hydroxylation is 2. The van der Waals surface area contributed by atoms with Gasteiger partial charge in [-0.15, -0.1) is 0 Å². The molecule has 0 aliphatic carbocycles. The zero-order chi connectivity index (χ0) is 39.7. The summed E-state index contributed by atoms with van der Waals surface area (Å²) in [5, 5.41) is 12.8. The van der Waals surface area contributed by atoms with Gasteiger partial charge in [0.1, 0.15) is 0 Å². The van der Waals surface area contributed by atoms with Crippen molar-refractivity contribution in [2.45, 2.75) is 53.4 Å². The molecule has 58 heavy (non-hydrogen) atoms. The molecule has 2 nitrogen and oxygen atoms in total. The predicted octanol–water partition coefficient (Wildman–Crippen LogP) is 16.7. The first-order chi connectivity index (χ1) is 28.3. The Kier molecular flexibility index (Phi) is 8.68. The Hall–Kier alpha value is -6.64. The van der Waals surface area contributed by atoms with Crippen LogP contribution in [-0.4, -0.2) is 0 Å². The number of hydrogen-bond acceptors (Lipinski definition) is 2. The molecule has 0 aliphatic heterocycles. The summed E-state index contributed by atoms with van der Waals surface area (Å²) in [5.74, 6) is 0.621. The van der Waals surface area contributed by atoms with E-state index in [0.29, 0.717) is 11.8 Å². The molecule has 0 fully saturated rings. The highest BCUT2D eigenvalue weighted by atomic mass is 15.2. The van der Waals surface area contributed by atoms with Gasteiger partial charge in [-0.1, -0.05) is 149 Å². The lowest BCUT2D eigenvalue weighted by atomic mass is 9.83. The molecule has 0 saturated heterocycles. The first-order valence-electron chi connectivity index (χ1n) is 20.8. The molecule has 0 amide bonds. The highest BCUT2D eigenvalue weighted by molar-refractivity contribution is 6.30. The summed E-state index contributed by atoms with van der Waals surface area (Å²) in [7, 11) is 0. The van der Waals surface area contributed by atoms with E-state index in [2.05, 4.69) is 221 Å². The fourth-order valence-corrected chi connectivity index (χ4v) is 9.55. The Balaban J connectivity index is 1.37. The normalized spacial score (nSPS) is 11.9. The minimum absolute atomic E-state index is 0.310. The molecule has 0 unspecified atom stereocenters. The van der Waals surface area contributed by atoms with E-state index < -0.39 is 0 Å². The smallest absolute Gasteiger partial charge is 0.0541 e. The van der Waals surface area contributed by atoms with Crippen LogP contribution >= 0.6 is 0 Å². The Morgan fingerprint density at radius 1 is 0.310 bits per heavy atom. The van der Waals surface area contributed by atoms with E-state index in [0.717, 1.165) is 0 Å². The quantitative estimate of drug-likeness (QED) is 0.143. The molecule has 10 rings (SSSR count). The van der Waals surface area contributed by atoms with Crippen LogP contribution in [0.25, 0.3) is 53.9 Å². The van der Waals surface area contributed by atoms with Crippen LogP contribution in [0.1, 0.15) is 61.8 Å². The molecule has 0 atom stereocenters. The zero-order valence-electron chi connectivity index (χ0n) is 34.2. The average Bonchev–Trinajstić information content (AvgIpc) is 3.24. The Labute approximate surface area is 341 Å². The van der Waals surface area contributed by atoms with Crippen LogP contribution in [-0.2, 0) is 0 Å². The third-order valence-corrected chi connectivity index (χ3v) is 12.4. The number of fused-ring (bicyclic) bond motifs is 2. The maximum atomic E-state index is 2.53. The van der Waals surface area contributed by atoms with Gasteiger partial charge in [-0.05, 0) is 129 Å². The maximum absolute atomic E-state index is 2.53. The summed E-state index contributed by atoms with van der Waals surface area (Å²) in [6.07, 6.45) is 0. The van der Waals surface area contributed by atoms with Crippen molar-refractivity contribution in [1.82, 2.24) is 0 Å². The molecule has 282 valence electrons. The van der Waals surface area contributed by atoms with Gasteiger partial charge in [0.05, 0.1) is 22.7 Å². The number of benzene rings is 10. The van der Waals surface area contributed by atoms with E-state index in [4.69, 9.17) is 0 Å². The summed E-state index contributed by atoms with van der Waals surface area (Å²) >= 11 is 0. The second-order valence-corrected chi connectivity index (χ2v) is 16.6. The highest BCUT2D eigenvalue weighted by Crippen LogP contribution is 2.52. The van der Waals surface area contributed by atoms with Crippen molar-refractivity contribution in [2.24, 2.45) is 0 Å². The van der Waals surface area contributed by atoms with Gasteiger partial charge >= 0.3 is 0 Å². The third-order valence-electron chi connectivity index (χ3n) is 12.4. The Morgan fingerprint density at radius 2 is 0.655 bits per heavy atom. The Bertz CT molecular complexity index is 2940. The highest BCUT2D eigenvalue weighted by Gasteiger charge is 2.27. The van der Waals surface area contributed by atoms with Gasteiger partial charge in [0.25, 0.3) is 0 Å². The molecule has 10 aromatic rings. The SMILES string of the molecule is Cc1ccccc1N(c1cccc2ccccc12)c1ccc2c(C(C)C)cc3c(N(c4ccccc4C)c4cccc5ccccc45)ccc4c(C(C)C)cc1c2c43. The standard InChI is InChI=1S/C56H48N2/c1-35(2)45-33-47-53(57(49-25-13-7-17-37(49)5)51-27-15-21-39-19-9-11-23-41(39)51)32-30-44-46(36(3)4)34-48-54(31-29-43(45)55(48)56(44)47)58(50-26-14-8-18-38(50)6)52-28-16-22-40-20-10-12-24-42(40)52/h7-36H,1-6H3. The van der Waals surface area contributed by atoms with Crippen molar-refractivity contribution >= 4 is 88.0 Å². The second kappa shape index (κ2) is 14.1. The van der Waals surface area contributed by atoms with E-state index in [1.54, 1.807) is 0 Å². The molecule has 0 radical (unpaired) electrons. The van der Waals surface area contributed by atoms with Gasteiger partial charge in [0.15, 0.2) is 0 Å². The van der Waals surface area contributed by atoms with Gasteiger partial charge in [0.2, 0.25) is 0 Å². The summed E-state index contributed by atoms with van der Waals surface area (Å²) in [6.45, 7) is 13.9. The van der Waals surface area contributed by atoms with Crippen LogP contribution in [0.2, 0.25) is 0 Å². The lowest BCUT2D eigenvalue weighted by Crippen LogP contribution is -2.14. The van der Waals surface area contributed by atoms with Gasteiger partial charge in [-0.25, -0.2) is 0 Å². The fourth-order valence-electron chi connectivity index (χ4n) is 9.55. The second-order valence-electron chi connectivity index (χ2n) is 16.6. The van der Waals surface area contributed by atoms with Crippen molar-refractivity contribution in [3.8, 4) is 0 Å². The predicted molar refractivity (Wildman–Crippen MR) is 252 cm³/mol. The molecule has 0 heterocycles. The third kappa shape index (κ3) is 5.62. The van der Waals surface area contributed by atoms with Gasteiger partial charge in [-0.2, -0.15) is 0 Å². The van der Waals surface area contributed by atoms with Gasteiger partial charge in [-0.3, -0.25) is 0 Å².